The number of methoxy groups -OCH3 is 2. The number of ether oxygens (including phenoxy) is 3. The van der Waals surface area contributed by atoms with Gasteiger partial charge in [0.2, 0.25) is 5.91 Å². The number of fused-ring (bicyclic) bond motifs is 1. The number of benzene rings is 3. The van der Waals surface area contributed by atoms with Crippen molar-refractivity contribution in [3.05, 3.63) is 101 Å². The third kappa shape index (κ3) is 6.48. The van der Waals surface area contributed by atoms with Gasteiger partial charge < -0.3 is 19.5 Å². The highest BCUT2D eigenvalue weighted by Crippen LogP contribution is 2.36. The molecule has 0 radical (unpaired) electrons. The molecule has 8 heteroatoms. The number of carbonyl (C=O) groups is 2. The van der Waals surface area contributed by atoms with Gasteiger partial charge in [-0.2, -0.15) is 0 Å². The summed E-state index contributed by atoms with van der Waals surface area (Å²) in [5, 5.41) is 3.47. The zero-order chi connectivity index (χ0) is 26.2. The Morgan fingerprint density at radius 1 is 0.946 bits per heavy atom. The number of rotatable bonds is 10. The van der Waals surface area contributed by atoms with Crippen molar-refractivity contribution in [2.45, 2.75) is 19.4 Å². The number of nitrogens with one attached hydrogen (secondary N) is 1. The molecule has 0 saturated carbocycles. The first kappa shape index (κ1) is 25.8. The quantitative estimate of drug-likeness (QED) is 0.296. The van der Waals surface area contributed by atoms with Crippen LogP contribution in [0, 0.1) is 5.82 Å². The van der Waals surface area contributed by atoms with Crippen molar-refractivity contribution < 1.29 is 28.2 Å². The number of hydrogen-bond donors (Lipinski definition) is 1. The van der Waals surface area contributed by atoms with E-state index in [0.29, 0.717) is 23.0 Å². The van der Waals surface area contributed by atoms with Crippen molar-refractivity contribution in [3.63, 3.8) is 0 Å². The topological polar surface area (TPSA) is 86.8 Å². The van der Waals surface area contributed by atoms with E-state index in [9.17, 15) is 14.0 Å². The minimum atomic E-state index is -0.616. The first-order valence-electron chi connectivity index (χ1n) is 11.7. The summed E-state index contributed by atoms with van der Waals surface area (Å²) < 4.78 is 29.5. The molecule has 0 unspecified atom stereocenters. The average Bonchev–Trinajstić information content (AvgIpc) is 2.92. The van der Waals surface area contributed by atoms with Gasteiger partial charge in [-0.05, 0) is 47.4 Å². The highest BCUT2D eigenvalue weighted by Gasteiger charge is 2.22. The maximum Gasteiger partial charge on any atom is 0.341 e. The van der Waals surface area contributed by atoms with Crippen LogP contribution in [0.25, 0.3) is 10.9 Å². The number of hydrogen-bond acceptors (Lipinski definition) is 6. The van der Waals surface area contributed by atoms with Crippen LogP contribution in [-0.2, 0) is 27.3 Å². The average molecular weight is 503 g/mol. The largest absolute Gasteiger partial charge is 0.486 e. The lowest BCUT2D eigenvalue weighted by atomic mass is 10.0. The molecule has 1 N–H and O–H groups in total. The molecule has 0 aliphatic heterocycles. The van der Waals surface area contributed by atoms with Gasteiger partial charge in [0.25, 0.3) is 0 Å². The molecular weight excluding hydrogens is 475 g/mol. The van der Waals surface area contributed by atoms with Crippen LogP contribution in [0.4, 0.5) is 10.1 Å². The Kier molecular flexibility index (Phi) is 8.43. The monoisotopic (exact) mass is 502 g/mol. The second kappa shape index (κ2) is 12.1. The first-order valence-corrected chi connectivity index (χ1v) is 11.7. The Hall–Kier alpha value is -4.30. The highest BCUT2D eigenvalue weighted by molar-refractivity contribution is 6.08. The third-order valence-electron chi connectivity index (χ3n) is 5.74. The maximum absolute atomic E-state index is 13.4. The van der Waals surface area contributed by atoms with Gasteiger partial charge in [0.05, 0.1) is 25.8 Å². The number of pyridine rings is 1. The van der Waals surface area contributed by atoms with Gasteiger partial charge >= 0.3 is 5.97 Å². The lowest BCUT2D eigenvalue weighted by molar-refractivity contribution is -0.117. The van der Waals surface area contributed by atoms with E-state index >= 15 is 0 Å². The van der Waals surface area contributed by atoms with E-state index in [1.165, 1.54) is 26.4 Å². The summed E-state index contributed by atoms with van der Waals surface area (Å²) in [5.74, 6) is -0.943. The molecule has 0 atom stereocenters. The molecule has 0 spiro atoms. The Morgan fingerprint density at radius 3 is 2.41 bits per heavy atom. The van der Waals surface area contributed by atoms with E-state index in [1.807, 2.05) is 36.4 Å². The second-order valence-electron chi connectivity index (χ2n) is 8.40. The zero-order valence-electron chi connectivity index (χ0n) is 20.6. The molecule has 0 fully saturated rings. The van der Waals surface area contributed by atoms with Crippen LogP contribution >= 0.6 is 0 Å². The van der Waals surface area contributed by atoms with Crippen LogP contribution in [0.2, 0.25) is 0 Å². The summed E-state index contributed by atoms with van der Waals surface area (Å²) in [6.45, 7) is 0.457. The van der Waals surface area contributed by atoms with E-state index in [1.54, 1.807) is 24.4 Å². The van der Waals surface area contributed by atoms with Crippen LogP contribution in [0.1, 0.15) is 33.5 Å². The summed E-state index contributed by atoms with van der Waals surface area (Å²) in [7, 11) is 2.80. The van der Waals surface area contributed by atoms with Crippen molar-refractivity contribution in [1.82, 2.24) is 4.98 Å². The summed E-state index contributed by atoms with van der Waals surface area (Å²) in [6.07, 6.45) is 2.32. The van der Waals surface area contributed by atoms with Crippen LogP contribution in [0.15, 0.2) is 72.9 Å². The summed E-state index contributed by atoms with van der Waals surface area (Å²) >= 11 is 0. The summed E-state index contributed by atoms with van der Waals surface area (Å²) in [5.41, 5.74) is 3.61. The lowest BCUT2D eigenvalue weighted by Gasteiger charge is -2.17. The van der Waals surface area contributed by atoms with Crippen LogP contribution < -0.4 is 10.1 Å². The molecule has 4 aromatic rings. The van der Waals surface area contributed by atoms with Crippen molar-refractivity contribution >= 4 is 28.5 Å². The van der Waals surface area contributed by atoms with Gasteiger partial charge in [-0.15, -0.1) is 0 Å². The number of aromatic nitrogens is 1. The smallest absolute Gasteiger partial charge is 0.341 e. The molecule has 3 aromatic carbocycles. The van der Waals surface area contributed by atoms with Crippen molar-refractivity contribution in [2.24, 2.45) is 0 Å². The van der Waals surface area contributed by atoms with Gasteiger partial charge in [-0.25, -0.2) is 9.18 Å². The normalized spacial score (nSPS) is 10.8. The van der Waals surface area contributed by atoms with Crippen LogP contribution in [0.5, 0.6) is 5.75 Å². The van der Waals surface area contributed by atoms with Crippen molar-refractivity contribution in [3.8, 4) is 5.75 Å². The second-order valence-corrected chi connectivity index (χ2v) is 8.40. The predicted octanol–water partition coefficient (Wildman–Crippen LogP) is 5.31. The summed E-state index contributed by atoms with van der Waals surface area (Å²) in [4.78, 5) is 29.9. The molecule has 0 bridgehead atoms. The van der Waals surface area contributed by atoms with E-state index in [-0.39, 0.29) is 42.7 Å². The SMILES string of the molecule is COCCC(=O)Nc1cc(C(=O)OC)c(OCc2ccccc2)c2ncc(Cc3ccc(F)cc3)cc12. The van der Waals surface area contributed by atoms with Gasteiger partial charge in [0.1, 0.15) is 23.5 Å². The highest BCUT2D eigenvalue weighted by atomic mass is 19.1. The molecule has 0 saturated heterocycles. The van der Waals surface area contributed by atoms with E-state index in [4.69, 9.17) is 14.2 Å². The van der Waals surface area contributed by atoms with Crippen molar-refractivity contribution in [1.29, 1.82) is 0 Å². The lowest BCUT2D eigenvalue weighted by Crippen LogP contribution is -2.15. The van der Waals surface area contributed by atoms with Crippen LogP contribution in [-0.4, -0.2) is 37.7 Å². The number of nitrogens with zero attached hydrogens (tertiary/aromatic N) is 1. The number of carbonyl (C=O) groups excluding carboxylic acids is 2. The van der Waals surface area contributed by atoms with Crippen LogP contribution in [0.3, 0.4) is 0 Å². The number of amides is 1. The van der Waals surface area contributed by atoms with Gasteiger partial charge in [-0.1, -0.05) is 42.5 Å². The Balaban J connectivity index is 1.80. The van der Waals surface area contributed by atoms with Gasteiger partial charge in [0.15, 0.2) is 5.75 Å². The van der Waals surface area contributed by atoms with Gasteiger partial charge in [0, 0.05) is 18.7 Å². The minimum absolute atomic E-state index is 0.139. The molecular formula is C29H27FN2O5. The first-order chi connectivity index (χ1) is 18.0. The number of halogens is 1. The third-order valence-corrected chi connectivity index (χ3v) is 5.74. The van der Waals surface area contributed by atoms with E-state index < -0.39 is 5.97 Å². The molecule has 0 aliphatic carbocycles. The van der Waals surface area contributed by atoms with Crippen molar-refractivity contribution in [2.75, 3.05) is 26.1 Å². The molecule has 1 amide bonds. The maximum atomic E-state index is 13.4. The molecule has 1 aromatic heterocycles. The number of anilines is 1. The fraction of sp³-hybridized carbons (Fsp3) is 0.207. The fourth-order valence-electron chi connectivity index (χ4n) is 3.89. The molecule has 37 heavy (non-hydrogen) atoms. The Morgan fingerprint density at radius 2 is 1.70 bits per heavy atom. The Bertz CT molecular complexity index is 1390. The molecule has 4 rings (SSSR count). The van der Waals surface area contributed by atoms with E-state index in [0.717, 1.165) is 16.7 Å². The van der Waals surface area contributed by atoms with E-state index in [2.05, 4.69) is 10.3 Å². The molecule has 0 aliphatic rings. The zero-order valence-corrected chi connectivity index (χ0v) is 20.6. The fourth-order valence-corrected chi connectivity index (χ4v) is 3.89. The predicted molar refractivity (Wildman–Crippen MR) is 138 cm³/mol. The standard InChI is InChI=1S/C29H27FN2O5/c1-35-13-12-26(33)32-25-16-24(29(34)36-2)28(37-18-20-6-4-3-5-7-20)27-23(25)15-21(17-31-27)14-19-8-10-22(30)11-9-19/h3-11,15-17H,12-14,18H2,1-2H3,(H,32,33). The molecule has 7 nitrogen and oxygen atoms in total. The molecule has 190 valence electrons. The number of esters is 1. The molecule has 1 heterocycles. The minimum Gasteiger partial charge on any atom is -0.486 e. The Labute approximate surface area is 214 Å². The van der Waals surface area contributed by atoms with Gasteiger partial charge in [-0.3, -0.25) is 9.78 Å². The summed E-state index contributed by atoms with van der Waals surface area (Å²) in [6, 6.07) is 19.2.